The number of carbonyl (C=O) groups excluding carboxylic acids is 1. The quantitative estimate of drug-likeness (QED) is 0.895. The lowest BCUT2D eigenvalue weighted by atomic mass is 9.96. The predicted molar refractivity (Wildman–Crippen MR) is 95.5 cm³/mol. The Labute approximate surface area is 144 Å². The topological polar surface area (TPSA) is 45.2 Å². The molecule has 0 spiro atoms. The van der Waals surface area contributed by atoms with Crippen molar-refractivity contribution in [3.63, 3.8) is 0 Å². The van der Waals surface area contributed by atoms with Crippen molar-refractivity contribution in [2.24, 2.45) is 5.92 Å². The summed E-state index contributed by atoms with van der Waals surface area (Å²) in [6.07, 6.45) is 4.13. The molecule has 0 unspecified atom stereocenters. The molecule has 1 saturated carbocycles. The van der Waals surface area contributed by atoms with Crippen LogP contribution in [0.2, 0.25) is 0 Å². The van der Waals surface area contributed by atoms with Crippen LogP contribution in [0.4, 0.5) is 5.82 Å². The molecule has 1 aromatic carbocycles. The van der Waals surface area contributed by atoms with Crippen molar-refractivity contribution >= 4 is 38.6 Å². The number of nitrogens with zero attached hydrogens (tertiary/aromatic N) is 2. The molecule has 1 aliphatic heterocycles. The number of piperidine rings is 1. The fourth-order valence-corrected chi connectivity index (χ4v) is 3.52. The van der Waals surface area contributed by atoms with E-state index < -0.39 is 0 Å². The van der Waals surface area contributed by atoms with Crippen LogP contribution in [0.1, 0.15) is 25.7 Å². The average Bonchev–Trinajstić information content (AvgIpc) is 3.38. The largest absolute Gasteiger partial charge is 0.357 e. The summed E-state index contributed by atoms with van der Waals surface area (Å²) >= 11 is 3.50. The highest BCUT2D eigenvalue weighted by Gasteiger charge is 2.30. The van der Waals surface area contributed by atoms with Gasteiger partial charge in [0, 0.05) is 34.9 Å². The predicted octanol–water partition coefficient (Wildman–Crippen LogP) is 3.49. The molecule has 1 aromatic heterocycles. The molecule has 1 aliphatic carbocycles. The third kappa shape index (κ3) is 3.34. The maximum absolute atomic E-state index is 12.2. The van der Waals surface area contributed by atoms with Gasteiger partial charge in [-0.2, -0.15) is 0 Å². The fourth-order valence-electron chi connectivity index (χ4n) is 3.17. The van der Waals surface area contributed by atoms with E-state index in [-0.39, 0.29) is 11.8 Å². The molecule has 2 aromatic rings. The van der Waals surface area contributed by atoms with Gasteiger partial charge in [-0.1, -0.05) is 22.0 Å². The first-order valence-corrected chi connectivity index (χ1v) is 9.10. The van der Waals surface area contributed by atoms with Crippen LogP contribution < -0.4 is 10.2 Å². The molecule has 1 saturated heterocycles. The molecule has 2 heterocycles. The van der Waals surface area contributed by atoms with Gasteiger partial charge in [0.15, 0.2) is 0 Å². The second-order valence-electron chi connectivity index (χ2n) is 6.55. The first-order valence-electron chi connectivity index (χ1n) is 8.31. The van der Waals surface area contributed by atoms with E-state index in [1.54, 1.807) is 0 Å². The van der Waals surface area contributed by atoms with Gasteiger partial charge in [-0.05, 0) is 49.9 Å². The molecule has 120 valence electrons. The molecule has 0 radical (unpaired) electrons. The summed E-state index contributed by atoms with van der Waals surface area (Å²) < 4.78 is 1.05. The molecule has 4 nitrogen and oxygen atoms in total. The smallest absolute Gasteiger partial charge is 0.223 e. The number of halogens is 1. The van der Waals surface area contributed by atoms with Crippen molar-refractivity contribution in [1.29, 1.82) is 0 Å². The number of pyridine rings is 1. The molecule has 0 bridgehead atoms. The van der Waals surface area contributed by atoms with Crippen molar-refractivity contribution in [3.05, 3.63) is 34.8 Å². The number of anilines is 1. The standard InChI is InChI=1S/C18H20BrN3O/c19-14-3-1-12-2-6-17(21-16(12)11-14)22-9-7-13(8-10-22)18(23)20-15-4-5-15/h1-3,6,11,13,15H,4-5,7-10H2,(H,20,23). The Hall–Kier alpha value is -1.62. The van der Waals surface area contributed by atoms with Crippen LogP contribution in [0.25, 0.3) is 10.9 Å². The summed E-state index contributed by atoms with van der Waals surface area (Å²) in [4.78, 5) is 19.2. The Bertz CT molecular complexity index is 736. The Morgan fingerprint density at radius 3 is 2.61 bits per heavy atom. The van der Waals surface area contributed by atoms with E-state index in [9.17, 15) is 4.79 Å². The third-order valence-corrected chi connectivity index (χ3v) is 5.25. The fraction of sp³-hybridized carbons (Fsp3) is 0.444. The minimum Gasteiger partial charge on any atom is -0.357 e. The van der Waals surface area contributed by atoms with E-state index in [0.717, 1.165) is 60.0 Å². The van der Waals surface area contributed by atoms with Crippen LogP contribution in [0.3, 0.4) is 0 Å². The Kier molecular flexibility index (Phi) is 3.97. The number of benzene rings is 1. The summed E-state index contributed by atoms with van der Waals surface area (Å²) in [5.74, 6) is 1.43. The zero-order valence-corrected chi connectivity index (χ0v) is 14.6. The van der Waals surface area contributed by atoms with Gasteiger partial charge in [0.25, 0.3) is 0 Å². The molecule has 23 heavy (non-hydrogen) atoms. The summed E-state index contributed by atoms with van der Waals surface area (Å²) in [6.45, 7) is 1.80. The van der Waals surface area contributed by atoms with Crippen LogP contribution in [0, 0.1) is 5.92 Å². The zero-order valence-electron chi connectivity index (χ0n) is 13.0. The summed E-state index contributed by atoms with van der Waals surface area (Å²) in [7, 11) is 0. The van der Waals surface area contributed by atoms with E-state index >= 15 is 0 Å². The number of nitrogens with one attached hydrogen (secondary N) is 1. The van der Waals surface area contributed by atoms with Gasteiger partial charge in [-0.15, -0.1) is 0 Å². The normalized spacial score (nSPS) is 19.1. The monoisotopic (exact) mass is 373 g/mol. The van der Waals surface area contributed by atoms with Crippen LogP contribution in [-0.4, -0.2) is 30.0 Å². The molecule has 1 N–H and O–H groups in total. The minimum atomic E-state index is 0.168. The highest BCUT2D eigenvalue weighted by Crippen LogP contribution is 2.26. The number of aromatic nitrogens is 1. The number of hydrogen-bond acceptors (Lipinski definition) is 3. The summed E-state index contributed by atoms with van der Waals surface area (Å²) in [5, 5.41) is 4.28. The van der Waals surface area contributed by atoms with E-state index in [2.05, 4.69) is 50.4 Å². The second-order valence-corrected chi connectivity index (χ2v) is 7.47. The molecular formula is C18H20BrN3O. The molecular weight excluding hydrogens is 354 g/mol. The van der Waals surface area contributed by atoms with Crippen LogP contribution in [0.5, 0.6) is 0 Å². The lowest BCUT2D eigenvalue weighted by molar-refractivity contribution is -0.125. The van der Waals surface area contributed by atoms with E-state index in [1.807, 2.05) is 6.07 Å². The second kappa shape index (κ2) is 6.11. The van der Waals surface area contributed by atoms with Gasteiger partial charge in [0.05, 0.1) is 5.52 Å². The average molecular weight is 374 g/mol. The summed E-state index contributed by atoms with van der Waals surface area (Å²) in [5.41, 5.74) is 1.01. The Balaban J connectivity index is 1.44. The number of rotatable bonds is 3. The molecule has 1 amide bonds. The maximum Gasteiger partial charge on any atom is 0.223 e. The van der Waals surface area contributed by atoms with Crippen LogP contribution >= 0.6 is 15.9 Å². The van der Waals surface area contributed by atoms with Gasteiger partial charge in [0.2, 0.25) is 5.91 Å². The molecule has 2 aliphatic rings. The Morgan fingerprint density at radius 1 is 1.13 bits per heavy atom. The minimum absolute atomic E-state index is 0.168. The van der Waals surface area contributed by atoms with E-state index in [0.29, 0.717) is 6.04 Å². The molecule has 4 rings (SSSR count). The lowest BCUT2D eigenvalue weighted by Gasteiger charge is -2.32. The molecule has 2 fully saturated rings. The van der Waals surface area contributed by atoms with Crippen molar-refractivity contribution in [2.75, 3.05) is 18.0 Å². The van der Waals surface area contributed by atoms with Crippen LogP contribution in [-0.2, 0) is 4.79 Å². The van der Waals surface area contributed by atoms with Crippen molar-refractivity contribution in [2.45, 2.75) is 31.7 Å². The van der Waals surface area contributed by atoms with Crippen LogP contribution in [0.15, 0.2) is 34.8 Å². The lowest BCUT2D eigenvalue weighted by Crippen LogP contribution is -2.41. The first kappa shape index (κ1) is 14.9. The zero-order chi connectivity index (χ0) is 15.8. The summed E-state index contributed by atoms with van der Waals surface area (Å²) in [6, 6.07) is 10.8. The number of carbonyl (C=O) groups is 1. The van der Waals surface area contributed by atoms with Gasteiger partial charge in [-0.25, -0.2) is 4.98 Å². The molecule has 0 atom stereocenters. The van der Waals surface area contributed by atoms with E-state index in [4.69, 9.17) is 4.98 Å². The number of amides is 1. The van der Waals surface area contributed by atoms with Gasteiger partial charge in [-0.3, -0.25) is 4.79 Å². The van der Waals surface area contributed by atoms with Gasteiger partial charge < -0.3 is 10.2 Å². The van der Waals surface area contributed by atoms with Crippen molar-refractivity contribution < 1.29 is 4.79 Å². The first-order chi connectivity index (χ1) is 11.2. The van der Waals surface area contributed by atoms with E-state index in [1.165, 1.54) is 0 Å². The van der Waals surface area contributed by atoms with Gasteiger partial charge in [0.1, 0.15) is 5.82 Å². The SMILES string of the molecule is O=C(NC1CC1)C1CCN(c2ccc3ccc(Br)cc3n2)CC1. The highest BCUT2D eigenvalue weighted by molar-refractivity contribution is 9.10. The van der Waals surface area contributed by atoms with Gasteiger partial charge >= 0.3 is 0 Å². The molecule has 5 heteroatoms. The number of hydrogen-bond donors (Lipinski definition) is 1. The highest BCUT2D eigenvalue weighted by atomic mass is 79.9. The third-order valence-electron chi connectivity index (χ3n) is 4.75. The maximum atomic E-state index is 12.2. The van der Waals surface area contributed by atoms with Crippen molar-refractivity contribution in [1.82, 2.24) is 10.3 Å². The Morgan fingerprint density at radius 2 is 1.87 bits per heavy atom. The number of fused-ring (bicyclic) bond motifs is 1. The van der Waals surface area contributed by atoms with Crippen molar-refractivity contribution in [3.8, 4) is 0 Å².